The zero-order valence-corrected chi connectivity index (χ0v) is 12.3. The maximum atomic E-state index is 5.81. The van der Waals surface area contributed by atoms with Crippen LogP contribution in [0, 0.1) is 0 Å². The molecular formula is C16H21N3O2. The Kier molecular flexibility index (Phi) is 4.62. The molecule has 1 aliphatic rings. The number of ether oxygens (including phenoxy) is 1. The molecule has 1 unspecified atom stereocenters. The number of nitrogens with one attached hydrogen (secondary N) is 1. The van der Waals surface area contributed by atoms with Crippen LogP contribution >= 0.6 is 0 Å². The van der Waals surface area contributed by atoms with Crippen molar-refractivity contribution in [2.24, 2.45) is 0 Å². The highest BCUT2D eigenvalue weighted by atomic mass is 16.5. The molecule has 1 aliphatic heterocycles. The van der Waals surface area contributed by atoms with E-state index in [2.05, 4.69) is 15.5 Å². The Morgan fingerprint density at radius 1 is 1.33 bits per heavy atom. The van der Waals surface area contributed by atoms with Gasteiger partial charge in [0.05, 0.1) is 6.04 Å². The molecule has 0 aliphatic carbocycles. The van der Waals surface area contributed by atoms with Crippen LogP contribution in [-0.2, 0) is 4.74 Å². The number of rotatable bonds is 5. The molecular weight excluding hydrogens is 266 g/mol. The Bertz CT molecular complexity index is 550. The summed E-state index contributed by atoms with van der Waals surface area (Å²) in [5.74, 6) is 1.27. The van der Waals surface area contributed by atoms with Crippen LogP contribution in [0.1, 0.15) is 55.6 Å². The van der Waals surface area contributed by atoms with Gasteiger partial charge in [-0.1, -0.05) is 41.9 Å². The molecule has 5 heteroatoms. The van der Waals surface area contributed by atoms with Gasteiger partial charge in [-0.15, -0.1) is 0 Å². The molecule has 1 aromatic carbocycles. The van der Waals surface area contributed by atoms with Gasteiger partial charge in [0, 0.05) is 6.61 Å². The van der Waals surface area contributed by atoms with E-state index in [0.29, 0.717) is 18.3 Å². The van der Waals surface area contributed by atoms with Crippen LogP contribution in [0.2, 0.25) is 0 Å². The molecule has 112 valence electrons. The summed E-state index contributed by atoms with van der Waals surface area (Å²) in [6, 6.07) is 10.2. The summed E-state index contributed by atoms with van der Waals surface area (Å²) in [5, 5.41) is 7.56. The molecule has 1 fully saturated rings. The van der Waals surface area contributed by atoms with Gasteiger partial charge in [0.2, 0.25) is 11.7 Å². The standard InChI is InChI=1S/C16H21N3O2/c1-2-20-14(12-8-4-3-5-9-12)15-18-16(21-19-15)13-10-6-7-11-17-13/h3-5,8-9,13-14,17H,2,6-7,10-11H2,1H3/t13-,14?/m0/s1. The maximum Gasteiger partial charge on any atom is 0.243 e. The van der Waals surface area contributed by atoms with E-state index < -0.39 is 0 Å². The second-order valence-electron chi connectivity index (χ2n) is 5.24. The van der Waals surface area contributed by atoms with Crippen LogP contribution in [-0.4, -0.2) is 23.3 Å². The van der Waals surface area contributed by atoms with Crippen molar-refractivity contribution >= 4 is 0 Å². The predicted octanol–water partition coefficient (Wildman–Crippen LogP) is 3.01. The Balaban J connectivity index is 1.81. The first-order chi connectivity index (χ1) is 10.4. The molecule has 0 bridgehead atoms. The van der Waals surface area contributed by atoms with Crippen molar-refractivity contribution in [2.45, 2.75) is 38.3 Å². The smallest absolute Gasteiger partial charge is 0.243 e. The second kappa shape index (κ2) is 6.83. The third-order valence-corrected chi connectivity index (χ3v) is 3.74. The van der Waals surface area contributed by atoms with E-state index in [-0.39, 0.29) is 12.1 Å². The van der Waals surface area contributed by atoms with Crippen LogP contribution < -0.4 is 5.32 Å². The minimum atomic E-state index is -0.266. The van der Waals surface area contributed by atoms with E-state index in [4.69, 9.17) is 9.26 Å². The van der Waals surface area contributed by atoms with Gasteiger partial charge in [0.15, 0.2) is 0 Å². The summed E-state index contributed by atoms with van der Waals surface area (Å²) in [5.41, 5.74) is 1.04. The molecule has 2 atom stereocenters. The van der Waals surface area contributed by atoms with Gasteiger partial charge in [-0.3, -0.25) is 0 Å². The average molecular weight is 287 g/mol. The molecule has 1 saturated heterocycles. The molecule has 0 radical (unpaired) electrons. The Morgan fingerprint density at radius 3 is 2.90 bits per heavy atom. The lowest BCUT2D eigenvalue weighted by atomic mass is 10.1. The maximum absolute atomic E-state index is 5.81. The minimum Gasteiger partial charge on any atom is -0.366 e. The topological polar surface area (TPSA) is 60.2 Å². The van der Waals surface area contributed by atoms with Crippen LogP contribution in [0.3, 0.4) is 0 Å². The molecule has 0 amide bonds. The molecule has 2 aromatic rings. The van der Waals surface area contributed by atoms with Crippen LogP contribution in [0.15, 0.2) is 34.9 Å². The van der Waals surface area contributed by atoms with Gasteiger partial charge in [0.25, 0.3) is 0 Å². The molecule has 0 spiro atoms. The van der Waals surface area contributed by atoms with E-state index in [1.807, 2.05) is 37.3 Å². The Morgan fingerprint density at radius 2 is 2.19 bits per heavy atom. The number of hydrogen-bond donors (Lipinski definition) is 1. The van der Waals surface area contributed by atoms with E-state index in [1.165, 1.54) is 12.8 Å². The molecule has 21 heavy (non-hydrogen) atoms. The first-order valence-corrected chi connectivity index (χ1v) is 7.62. The fourth-order valence-corrected chi connectivity index (χ4v) is 2.67. The molecule has 3 rings (SSSR count). The summed E-state index contributed by atoms with van der Waals surface area (Å²) in [4.78, 5) is 4.56. The molecule has 5 nitrogen and oxygen atoms in total. The Labute approximate surface area is 124 Å². The quantitative estimate of drug-likeness (QED) is 0.916. The highest BCUT2D eigenvalue weighted by Crippen LogP contribution is 2.27. The number of nitrogens with zero attached hydrogens (tertiary/aromatic N) is 2. The van der Waals surface area contributed by atoms with Crippen molar-refractivity contribution in [3.05, 3.63) is 47.6 Å². The first kappa shape index (κ1) is 14.2. The lowest BCUT2D eigenvalue weighted by Crippen LogP contribution is -2.27. The third-order valence-electron chi connectivity index (χ3n) is 3.74. The predicted molar refractivity (Wildman–Crippen MR) is 78.8 cm³/mol. The van der Waals surface area contributed by atoms with Crippen molar-refractivity contribution in [1.82, 2.24) is 15.5 Å². The lowest BCUT2D eigenvalue weighted by Gasteiger charge is -2.19. The fraction of sp³-hybridized carbons (Fsp3) is 0.500. The van der Waals surface area contributed by atoms with Gasteiger partial charge >= 0.3 is 0 Å². The van der Waals surface area contributed by atoms with E-state index in [0.717, 1.165) is 18.5 Å². The van der Waals surface area contributed by atoms with Crippen molar-refractivity contribution < 1.29 is 9.26 Å². The molecule has 2 heterocycles. The van der Waals surface area contributed by atoms with Gasteiger partial charge < -0.3 is 14.6 Å². The molecule has 0 saturated carbocycles. The third kappa shape index (κ3) is 3.31. The monoisotopic (exact) mass is 287 g/mol. The lowest BCUT2D eigenvalue weighted by molar-refractivity contribution is 0.0833. The summed E-state index contributed by atoms with van der Waals surface area (Å²) in [6.45, 7) is 3.58. The zero-order chi connectivity index (χ0) is 14.5. The SMILES string of the molecule is CCOC(c1ccccc1)c1noc([C@@H]2CCCCN2)n1. The molecule has 1 aromatic heterocycles. The second-order valence-corrected chi connectivity index (χ2v) is 5.24. The number of benzene rings is 1. The van der Waals surface area contributed by atoms with Crippen molar-refractivity contribution in [1.29, 1.82) is 0 Å². The summed E-state index contributed by atoms with van der Waals surface area (Å²) in [7, 11) is 0. The summed E-state index contributed by atoms with van der Waals surface area (Å²) < 4.78 is 11.3. The first-order valence-electron chi connectivity index (χ1n) is 7.62. The number of piperidine rings is 1. The summed E-state index contributed by atoms with van der Waals surface area (Å²) in [6.07, 6.45) is 3.19. The van der Waals surface area contributed by atoms with Crippen molar-refractivity contribution in [2.75, 3.05) is 13.2 Å². The van der Waals surface area contributed by atoms with Gasteiger partial charge in [-0.05, 0) is 31.9 Å². The van der Waals surface area contributed by atoms with Crippen molar-refractivity contribution in [3.8, 4) is 0 Å². The minimum absolute atomic E-state index is 0.179. The normalized spacial score (nSPS) is 20.3. The highest BCUT2D eigenvalue weighted by molar-refractivity contribution is 5.22. The Hall–Kier alpha value is -1.72. The van der Waals surface area contributed by atoms with Crippen molar-refractivity contribution in [3.63, 3.8) is 0 Å². The number of hydrogen-bond acceptors (Lipinski definition) is 5. The largest absolute Gasteiger partial charge is 0.366 e. The fourth-order valence-electron chi connectivity index (χ4n) is 2.67. The number of aromatic nitrogens is 2. The molecule has 1 N–H and O–H groups in total. The zero-order valence-electron chi connectivity index (χ0n) is 12.3. The van der Waals surface area contributed by atoms with Gasteiger partial charge in [0.1, 0.15) is 6.10 Å². The average Bonchev–Trinajstić information content (AvgIpc) is 3.04. The van der Waals surface area contributed by atoms with Crippen LogP contribution in [0.4, 0.5) is 0 Å². The van der Waals surface area contributed by atoms with Crippen LogP contribution in [0.5, 0.6) is 0 Å². The highest BCUT2D eigenvalue weighted by Gasteiger charge is 2.25. The van der Waals surface area contributed by atoms with E-state index in [9.17, 15) is 0 Å². The summed E-state index contributed by atoms with van der Waals surface area (Å²) >= 11 is 0. The van der Waals surface area contributed by atoms with Gasteiger partial charge in [-0.25, -0.2) is 0 Å². The van der Waals surface area contributed by atoms with E-state index in [1.54, 1.807) is 0 Å². The van der Waals surface area contributed by atoms with Gasteiger partial charge in [-0.2, -0.15) is 4.98 Å². The van der Waals surface area contributed by atoms with E-state index >= 15 is 0 Å². The van der Waals surface area contributed by atoms with Crippen LogP contribution in [0.25, 0.3) is 0 Å².